The molecule has 0 aliphatic carbocycles. The number of rotatable bonds is 6. The largest absolute Gasteiger partial charge is 0.355 e. The van der Waals surface area contributed by atoms with Gasteiger partial charge in [-0.25, -0.2) is 12.4 Å². The fourth-order valence-corrected chi connectivity index (χ4v) is 4.52. The van der Waals surface area contributed by atoms with Gasteiger partial charge >= 0.3 is 0 Å². The summed E-state index contributed by atoms with van der Waals surface area (Å²) in [5.41, 5.74) is 3.28. The van der Waals surface area contributed by atoms with Gasteiger partial charge in [0.05, 0.1) is 5.52 Å². The maximum absolute atomic E-state index is 13.2. The van der Waals surface area contributed by atoms with Crippen molar-refractivity contribution in [2.45, 2.75) is 25.3 Å². The van der Waals surface area contributed by atoms with Gasteiger partial charge in [-0.3, -0.25) is 4.98 Å². The second-order valence-corrected chi connectivity index (χ2v) is 8.21. The van der Waals surface area contributed by atoms with Crippen molar-refractivity contribution in [1.82, 2.24) is 14.3 Å². The van der Waals surface area contributed by atoms with Crippen LogP contribution in [0.15, 0.2) is 84.1 Å². The zero-order valence-corrected chi connectivity index (χ0v) is 18.1. The van der Waals surface area contributed by atoms with Gasteiger partial charge in [-0.05, 0) is 49.0 Å². The van der Waals surface area contributed by atoms with Crippen LogP contribution < -0.4 is 10.6 Å². The third kappa shape index (κ3) is 4.37. The van der Waals surface area contributed by atoms with Crippen molar-refractivity contribution < 1.29 is 11.3 Å². The number of anilines is 2. The van der Waals surface area contributed by atoms with Crippen molar-refractivity contribution >= 4 is 32.3 Å². The molecule has 0 saturated heterocycles. The van der Waals surface area contributed by atoms with E-state index in [1.54, 1.807) is 24.5 Å². The van der Waals surface area contributed by atoms with Crippen LogP contribution in [0.2, 0.25) is 0 Å². The number of para-hydroxylation sites is 1. The number of nitrogens with one attached hydrogen (secondary N) is 2. The first-order valence-electron chi connectivity index (χ1n) is 9.86. The Morgan fingerprint density at radius 2 is 1.77 bits per heavy atom. The summed E-state index contributed by atoms with van der Waals surface area (Å²) in [7, 11) is -1.92. The molecule has 2 N–H and O–H groups in total. The third-order valence-electron chi connectivity index (χ3n) is 4.48. The first-order chi connectivity index (χ1) is 14.6. The summed E-state index contributed by atoms with van der Waals surface area (Å²) >= 11 is 0. The molecule has 0 bridgehead atoms. The lowest BCUT2D eigenvalue weighted by Crippen LogP contribution is -2.12. The molecular weight excluding hydrogens is 396 g/mol. The molecule has 0 amide bonds. The van der Waals surface area contributed by atoms with E-state index in [1.807, 2.05) is 69.4 Å². The van der Waals surface area contributed by atoms with Gasteiger partial charge in [0.25, 0.3) is 10.0 Å². The minimum atomic E-state index is -3.75. The SMILES string of the molecule is CC.CNCc1cn(S(=O)(=O)c2cccnc2)c2cc(Nc3ccccc3)ccc12.[HH].[HH]. The Labute approximate surface area is 180 Å². The van der Waals surface area contributed by atoms with Crippen molar-refractivity contribution in [3.05, 3.63) is 84.8 Å². The molecule has 2 aromatic carbocycles. The molecule has 0 unspecified atom stereocenters. The van der Waals surface area contributed by atoms with E-state index >= 15 is 0 Å². The summed E-state index contributed by atoms with van der Waals surface area (Å²) in [6.45, 7) is 4.57. The molecule has 0 spiro atoms. The van der Waals surface area contributed by atoms with E-state index in [0.29, 0.717) is 12.1 Å². The van der Waals surface area contributed by atoms with Crippen LogP contribution in [0.4, 0.5) is 11.4 Å². The molecule has 4 aromatic rings. The van der Waals surface area contributed by atoms with Gasteiger partial charge in [-0.2, -0.15) is 0 Å². The number of nitrogens with zero attached hydrogens (tertiary/aromatic N) is 2. The first kappa shape index (κ1) is 21.5. The van der Waals surface area contributed by atoms with Gasteiger partial charge in [-0.1, -0.05) is 38.1 Å². The highest BCUT2D eigenvalue weighted by molar-refractivity contribution is 7.90. The van der Waals surface area contributed by atoms with Gasteiger partial charge in [0.2, 0.25) is 0 Å². The van der Waals surface area contributed by atoms with Crippen LogP contribution in [0.3, 0.4) is 0 Å². The Bertz CT molecular complexity index is 1210. The maximum Gasteiger partial charge on any atom is 0.269 e. The van der Waals surface area contributed by atoms with Crippen molar-refractivity contribution in [2.75, 3.05) is 12.4 Å². The standard InChI is InChI=1S/C21H20N4O2S.C2H6.2H2/c1-22-13-16-15-25(28(26,27)19-8-5-11-23-14-19)21-12-18(9-10-20(16)21)24-17-6-3-2-4-7-17;1-2;;/h2-12,14-15,22,24H,13H2,1H3;1-2H3;2*1H. The Kier molecular flexibility index (Phi) is 6.87. The van der Waals surface area contributed by atoms with Crippen molar-refractivity contribution in [3.63, 3.8) is 0 Å². The molecule has 0 atom stereocenters. The Balaban J connectivity index is 0.00000125. The molecule has 160 valence electrons. The van der Waals surface area contributed by atoms with E-state index in [0.717, 1.165) is 22.3 Å². The molecule has 30 heavy (non-hydrogen) atoms. The smallest absolute Gasteiger partial charge is 0.269 e. The highest BCUT2D eigenvalue weighted by atomic mass is 32.2. The zero-order chi connectivity index (χ0) is 21.6. The summed E-state index contributed by atoms with van der Waals surface area (Å²) in [6, 6.07) is 18.7. The molecule has 6 nitrogen and oxygen atoms in total. The molecule has 2 aromatic heterocycles. The highest BCUT2D eigenvalue weighted by Gasteiger charge is 2.21. The third-order valence-corrected chi connectivity index (χ3v) is 6.13. The van der Waals surface area contributed by atoms with E-state index in [9.17, 15) is 8.42 Å². The van der Waals surface area contributed by atoms with Crippen molar-refractivity contribution in [1.29, 1.82) is 0 Å². The summed E-state index contributed by atoms with van der Waals surface area (Å²) in [4.78, 5) is 4.11. The second kappa shape index (κ2) is 9.56. The number of fused-ring (bicyclic) bond motifs is 1. The molecule has 4 rings (SSSR count). The molecule has 0 saturated carbocycles. The number of hydrogen-bond donors (Lipinski definition) is 2. The fraction of sp³-hybridized carbons (Fsp3) is 0.174. The quantitative estimate of drug-likeness (QED) is 0.440. The van der Waals surface area contributed by atoms with Crippen LogP contribution in [-0.2, 0) is 16.6 Å². The minimum Gasteiger partial charge on any atom is -0.355 e. The molecule has 2 heterocycles. The monoisotopic (exact) mass is 426 g/mol. The lowest BCUT2D eigenvalue weighted by molar-refractivity contribution is 0.588. The number of aromatic nitrogens is 2. The molecule has 7 heteroatoms. The van der Waals surface area contributed by atoms with E-state index in [1.165, 1.54) is 10.2 Å². The van der Waals surface area contributed by atoms with Gasteiger partial charge < -0.3 is 10.6 Å². The lowest BCUT2D eigenvalue weighted by Gasteiger charge is -2.10. The van der Waals surface area contributed by atoms with Crippen LogP contribution in [0.1, 0.15) is 22.3 Å². The highest BCUT2D eigenvalue weighted by Crippen LogP contribution is 2.29. The van der Waals surface area contributed by atoms with Crippen LogP contribution in [0.5, 0.6) is 0 Å². The van der Waals surface area contributed by atoms with E-state index < -0.39 is 10.0 Å². The Morgan fingerprint density at radius 1 is 1.00 bits per heavy atom. The van der Waals surface area contributed by atoms with Gasteiger partial charge in [0, 0.05) is 44.7 Å². The zero-order valence-electron chi connectivity index (χ0n) is 17.3. The molecular formula is C23H30N4O2S. The second-order valence-electron chi connectivity index (χ2n) is 6.40. The predicted molar refractivity (Wildman–Crippen MR) is 127 cm³/mol. The van der Waals surface area contributed by atoms with Crippen LogP contribution in [-0.4, -0.2) is 24.4 Å². The van der Waals surface area contributed by atoms with Gasteiger partial charge in [0.1, 0.15) is 4.90 Å². The molecule has 0 aliphatic heterocycles. The predicted octanol–water partition coefficient (Wildman–Crippen LogP) is 5.25. The average molecular weight is 427 g/mol. The number of pyridine rings is 1. The van der Waals surface area contributed by atoms with Crippen LogP contribution >= 0.6 is 0 Å². The Hall–Kier alpha value is -3.16. The average Bonchev–Trinajstić information content (AvgIpc) is 3.15. The maximum atomic E-state index is 13.2. The van der Waals surface area contributed by atoms with Gasteiger partial charge in [0.15, 0.2) is 0 Å². The van der Waals surface area contributed by atoms with Crippen LogP contribution in [0.25, 0.3) is 10.9 Å². The summed E-state index contributed by atoms with van der Waals surface area (Å²) < 4.78 is 27.8. The first-order valence-corrected chi connectivity index (χ1v) is 11.3. The molecule has 0 aliphatic rings. The van der Waals surface area contributed by atoms with Crippen LogP contribution in [0, 0.1) is 0 Å². The molecule has 0 fully saturated rings. The summed E-state index contributed by atoms with van der Waals surface area (Å²) in [6.07, 6.45) is 4.60. The van der Waals surface area contributed by atoms with E-state index in [2.05, 4.69) is 15.6 Å². The molecule has 0 radical (unpaired) electrons. The fourth-order valence-electron chi connectivity index (χ4n) is 3.18. The summed E-state index contributed by atoms with van der Waals surface area (Å²) in [5.74, 6) is 0. The Morgan fingerprint density at radius 3 is 2.43 bits per heavy atom. The van der Waals surface area contributed by atoms with Crippen molar-refractivity contribution in [3.8, 4) is 0 Å². The van der Waals surface area contributed by atoms with Gasteiger partial charge in [-0.15, -0.1) is 0 Å². The topological polar surface area (TPSA) is 76.0 Å². The minimum absolute atomic E-state index is 0. The van der Waals surface area contributed by atoms with E-state index in [4.69, 9.17) is 0 Å². The lowest BCUT2D eigenvalue weighted by atomic mass is 10.1. The van der Waals surface area contributed by atoms with Crippen molar-refractivity contribution in [2.24, 2.45) is 0 Å². The van der Waals surface area contributed by atoms with E-state index in [-0.39, 0.29) is 7.75 Å². The number of benzene rings is 2. The normalized spacial score (nSPS) is 11.0. The summed E-state index contributed by atoms with van der Waals surface area (Å²) in [5, 5.41) is 7.31. The number of hydrogen-bond acceptors (Lipinski definition) is 5.